The van der Waals surface area contributed by atoms with Crippen LogP contribution in [0.2, 0.25) is 0 Å². The third-order valence-electron chi connectivity index (χ3n) is 3.38. The fraction of sp³-hybridized carbons (Fsp3) is 0.176. The van der Waals surface area contributed by atoms with Crippen LogP contribution in [-0.4, -0.2) is 21.9 Å². The minimum atomic E-state index is -0.846. The second-order valence-electron chi connectivity index (χ2n) is 5.24. The first-order valence-corrected chi connectivity index (χ1v) is 7.28. The Morgan fingerprint density at radius 3 is 2.12 bits per heavy atom. The van der Waals surface area contributed by atoms with E-state index in [0.717, 1.165) is 11.1 Å². The number of aryl methyl sites for hydroxylation is 1. The number of anilines is 1. The lowest BCUT2D eigenvalue weighted by Gasteiger charge is -2.06. The van der Waals surface area contributed by atoms with Crippen molar-refractivity contribution in [1.29, 1.82) is 0 Å². The van der Waals surface area contributed by atoms with Crippen molar-refractivity contribution in [1.82, 2.24) is 0 Å². The number of nitrogens with one attached hydrogen (secondary N) is 1. The number of aliphatic carboxylic acids is 1. The number of nitrogens with zero attached hydrogens (tertiary/aromatic N) is 1. The van der Waals surface area contributed by atoms with E-state index < -0.39 is 10.9 Å². The highest BCUT2D eigenvalue weighted by Gasteiger charge is 2.07. The van der Waals surface area contributed by atoms with Crippen molar-refractivity contribution in [3.8, 4) is 0 Å². The smallest absolute Gasteiger partial charge is 0.303 e. The number of carboxylic acids is 1. The maximum Gasteiger partial charge on any atom is 0.303 e. The highest BCUT2D eigenvalue weighted by Crippen LogP contribution is 2.16. The third-order valence-corrected chi connectivity index (χ3v) is 3.38. The number of nitro groups is 1. The number of hydrogen-bond donors (Lipinski definition) is 2. The number of carbonyl (C=O) groups is 2. The van der Waals surface area contributed by atoms with Gasteiger partial charge in [0.15, 0.2) is 0 Å². The molecule has 2 rings (SSSR count). The van der Waals surface area contributed by atoms with Gasteiger partial charge in [-0.15, -0.1) is 0 Å². The number of non-ortho nitro benzene ring substituents is 1. The zero-order valence-corrected chi connectivity index (χ0v) is 12.8. The molecular formula is C17H16N2O5. The number of amides is 1. The second kappa shape index (κ2) is 7.87. The van der Waals surface area contributed by atoms with Gasteiger partial charge in [-0.2, -0.15) is 0 Å². The van der Waals surface area contributed by atoms with E-state index in [1.165, 1.54) is 24.3 Å². The Morgan fingerprint density at radius 2 is 1.58 bits per heavy atom. The van der Waals surface area contributed by atoms with Crippen molar-refractivity contribution in [2.45, 2.75) is 19.3 Å². The zero-order valence-electron chi connectivity index (χ0n) is 12.8. The molecule has 0 aromatic heterocycles. The topological polar surface area (TPSA) is 110 Å². The normalized spacial score (nSPS) is 10.2. The molecule has 124 valence electrons. The molecule has 0 aliphatic rings. The predicted octanol–water partition coefficient (Wildman–Crippen LogP) is 2.79. The molecule has 7 nitrogen and oxygen atoms in total. The highest BCUT2D eigenvalue weighted by atomic mass is 16.6. The van der Waals surface area contributed by atoms with Gasteiger partial charge in [0, 0.05) is 24.2 Å². The molecule has 24 heavy (non-hydrogen) atoms. The molecule has 2 aromatic rings. The monoisotopic (exact) mass is 328 g/mol. The molecule has 0 fully saturated rings. The van der Waals surface area contributed by atoms with Crippen LogP contribution in [0.25, 0.3) is 0 Å². The molecule has 0 aliphatic carbocycles. The molecule has 2 aromatic carbocycles. The lowest BCUT2D eigenvalue weighted by molar-refractivity contribution is -0.384. The number of nitro benzene ring substituents is 1. The van der Waals surface area contributed by atoms with Crippen molar-refractivity contribution >= 4 is 23.3 Å². The first-order chi connectivity index (χ1) is 11.4. The Morgan fingerprint density at radius 1 is 1.00 bits per heavy atom. The molecule has 0 saturated heterocycles. The number of hydrogen-bond acceptors (Lipinski definition) is 4. The van der Waals surface area contributed by atoms with Crippen LogP contribution in [0.4, 0.5) is 11.4 Å². The summed E-state index contributed by atoms with van der Waals surface area (Å²) >= 11 is 0. The van der Waals surface area contributed by atoms with Gasteiger partial charge in [0.2, 0.25) is 5.91 Å². The highest BCUT2D eigenvalue weighted by molar-refractivity contribution is 5.92. The van der Waals surface area contributed by atoms with Crippen LogP contribution in [0.3, 0.4) is 0 Å². The van der Waals surface area contributed by atoms with Gasteiger partial charge in [0.25, 0.3) is 5.69 Å². The van der Waals surface area contributed by atoms with Gasteiger partial charge >= 0.3 is 5.97 Å². The lowest BCUT2D eigenvalue weighted by atomic mass is 10.1. The maximum atomic E-state index is 12.0. The number of carboxylic acid groups (broad SMARTS) is 1. The Balaban J connectivity index is 1.89. The fourth-order valence-corrected chi connectivity index (χ4v) is 2.13. The first kappa shape index (κ1) is 17.1. The first-order valence-electron chi connectivity index (χ1n) is 7.28. The summed E-state index contributed by atoms with van der Waals surface area (Å²) in [4.78, 5) is 32.6. The minimum absolute atomic E-state index is 0.0371. The second-order valence-corrected chi connectivity index (χ2v) is 5.24. The SMILES string of the molecule is O=C(O)CCc1ccc(CC(=O)Nc2ccc([N+](=O)[O-])cc2)cc1. The van der Waals surface area contributed by atoms with E-state index in [9.17, 15) is 19.7 Å². The van der Waals surface area contributed by atoms with Gasteiger partial charge in [-0.3, -0.25) is 19.7 Å². The molecule has 2 N–H and O–H groups in total. The maximum absolute atomic E-state index is 12.0. The van der Waals surface area contributed by atoms with Crippen molar-refractivity contribution in [3.63, 3.8) is 0 Å². The van der Waals surface area contributed by atoms with Gasteiger partial charge in [0.05, 0.1) is 11.3 Å². The summed E-state index contributed by atoms with van der Waals surface area (Å²) in [5.41, 5.74) is 2.15. The molecule has 0 heterocycles. The van der Waals surface area contributed by atoms with Crippen LogP contribution >= 0.6 is 0 Å². The largest absolute Gasteiger partial charge is 0.481 e. The van der Waals surface area contributed by atoms with E-state index in [-0.39, 0.29) is 24.4 Å². The van der Waals surface area contributed by atoms with Crippen molar-refractivity contribution in [3.05, 3.63) is 69.8 Å². The van der Waals surface area contributed by atoms with Gasteiger partial charge in [-0.1, -0.05) is 24.3 Å². The van der Waals surface area contributed by atoms with E-state index in [1.807, 2.05) is 0 Å². The van der Waals surface area contributed by atoms with Gasteiger partial charge in [-0.25, -0.2) is 0 Å². The molecule has 0 bridgehead atoms. The van der Waals surface area contributed by atoms with Crippen molar-refractivity contribution < 1.29 is 19.6 Å². The van der Waals surface area contributed by atoms with Crippen molar-refractivity contribution in [2.24, 2.45) is 0 Å². The van der Waals surface area contributed by atoms with Crippen LogP contribution in [0, 0.1) is 10.1 Å². The van der Waals surface area contributed by atoms with Crippen LogP contribution in [0.5, 0.6) is 0 Å². The number of benzene rings is 2. The summed E-state index contributed by atoms with van der Waals surface area (Å²) in [6.07, 6.45) is 0.681. The van der Waals surface area contributed by atoms with E-state index >= 15 is 0 Å². The summed E-state index contributed by atoms with van der Waals surface area (Å²) < 4.78 is 0. The molecule has 0 saturated carbocycles. The van der Waals surface area contributed by atoms with Gasteiger partial charge < -0.3 is 10.4 Å². The molecule has 0 spiro atoms. The third kappa shape index (κ3) is 5.20. The van der Waals surface area contributed by atoms with Gasteiger partial charge in [0.1, 0.15) is 0 Å². The Bertz CT molecular complexity index is 739. The molecule has 0 radical (unpaired) electrons. The molecular weight excluding hydrogens is 312 g/mol. The fourth-order valence-electron chi connectivity index (χ4n) is 2.13. The summed E-state index contributed by atoms with van der Waals surface area (Å²) in [5.74, 6) is -1.08. The quantitative estimate of drug-likeness (QED) is 0.600. The number of carbonyl (C=O) groups excluding carboxylic acids is 1. The number of rotatable bonds is 7. The molecule has 0 unspecified atom stereocenters. The lowest BCUT2D eigenvalue weighted by Crippen LogP contribution is -2.14. The minimum Gasteiger partial charge on any atom is -0.481 e. The summed E-state index contributed by atoms with van der Waals surface area (Å²) in [6, 6.07) is 12.8. The zero-order chi connectivity index (χ0) is 17.5. The van der Waals surface area contributed by atoms with Crippen molar-refractivity contribution in [2.75, 3.05) is 5.32 Å². The standard InChI is InChI=1S/C17H16N2O5/c20-16(18-14-6-8-15(9-7-14)19(23)24)11-13-3-1-12(2-4-13)5-10-17(21)22/h1-4,6-9H,5,10-11H2,(H,18,20)(H,21,22). The molecule has 0 aliphatic heterocycles. The summed E-state index contributed by atoms with van der Waals surface area (Å²) in [6.45, 7) is 0. The Hall–Kier alpha value is -3.22. The van der Waals surface area contributed by atoms with E-state index in [1.54, 1.807) is 24.3 Å². The Labute approximate surface area is 138 Å². The van der Waals surface area contributed by atoms with Crippen LogP contribution in [0.1, 0.15) is 17.5 Å². The van der Waals surface area contributed by atoms with E-state index in [4.69, 9.17) is 5.11 Å². The average Bonchev–Trinajstić information content (AvgIpc) is 2.54. The van der Waals surface area contributed by atoms with Crippen LogP contribution < -0.4 is 5.32 Å². The molecule has 0 atom stereocenters. The van der Waals surface area contributed by atoms with E-state index in [2.05, 4.69) is 5.32 Å². The summed E-state index contributed by atoms with van der Waals surface area (Å²) in [5, 5.41) is 21.9. The van der Waals surface area contributed by atoms with Crippen LogP contribution in [0.15, 0.2) is 48.5 Å². The predicted molar refractivity (Wildman–Crippen MR) is 87.8 cm³/mol. The van der Waals surface area contributed by atoms with E-state index in [0.29, 0.717) is 12.1 Å². The molecule has 1 amide bonds. The molecule has 7 heteroatoms. The summed E-state index contributed by atoms with van der Waals surface area (Å²) in [7, 11) is 0. The van der Waals surface area contributed by atoms with Gasteiger partial charge in [-0.05, 0) is 29.7 Å². The van der Waals surface area contributed by atoms with Crippen LogP contribution in [-0.2, 0) is 22.4 Å². The Kier molecular flexibility index (Phi) is 5.62. The average molecular weight is 328 g/mol.